The van der Waals surface area contributed by atoms with Crippen molar-refractivity contribution < 1.29 is 17.9 Å². The van der Waals surface area contributed by atoms with Crippen LogP contribution in [0, 0.1) is 20.8 Å². The van der Waals surface area contributed by atoms with E-state index in [0.29, 0.717) is 36.9 Å². The molecule has 0 aliphatic heterocycles. The molecule has 0 N–H and O–H groups in total. The van der Waals surface area contributed by atoms with Crippen LogP contribution in [0.1, 0.15) is 42.4 Å². The van der Waals surface area contributed by atoms with E-state index >= 15 is 0 Å². The number of carbonyl (C=O) groups is 1. The summed E-state index contributed by atoms with van der Waals surface area (Å²) in [4.78, 5) is 14.1. The Morgan fingerprint density at radius 3 is 2.38 bits per heavy atom. The standard InChI is InChI=1S/C17H24ClN3O4S/c1-12-9-13(2)16(14(3)10-12)26(23,24)11-15(25-17(18)22)7-5-4-6-8-20-21-19/h9-10,15H,4-8,11H2,1-3H3. The fraction of sp³-hybridized carbons (Fsp3) is 0.588. The lowest BCUT2D eigenvalue weighted by atomic mass is 10.1. The van der Waals surface area contributed by atoms with Crippen molar-refractivity contribution >= 4 is 26.9 Å². The molecule has 144 valence electrons. The summed E-state index contributed by atoms with van der Waals surface area (Å²) in [7, 11) is -3.64. The maximum atomic E-state index is 12.9. The van der Waals surface area contributed by atoms with Gasteiger partial charge in [0.05, 0.1) is 10.6 Å². The van der Waals surface area contributed by atoms with Crippen molar-refractivity contribution in [2.75, 3.05) is 12.3 Å². The SMILES string of the molecule is Cc1cc(C)c(S(=O)(=O)CC(CCCCCN=[N+]=[N-])OC(=O)Cl)c(C)c1. The normalized spacial score (nSPS) is 12.3. The van der Waals surface area contributed by atoms with Crippen molar-refractivity contribution in [3.05, 3.63) is 39.3 Å². The van der Waals surface area contributed by atoms with Gasteiger partial charge in [0, 0.05) is 23.1 Å². The van der Waals surface area contributed by atoms with Gasteiger partial charge in [0.25, 0.3) is 0 Å². The van der Waals surface area contributed by atoms with Crippen LogP contribution in [0.15, 0.2) is 22.1 Å². The third kappa shape index (κ3) is 7.23. The minimum absolute atomic E-state index is 0.280. The molecule has 0 aliphatic carbocycles. The van der Waals surface area contributed by atoms with Crippen molar-refractivity contribution in [1.82, 2.24) is 0 Å². The zero-order valence-electron chi connectivity index (χ0n) is 15.2. The van der Waals surface area contributed by atoms with Crippen LogP contribution in [-0.4, -0.2) is 32.2 Å². The summed E-state index contributed by atoms with van der Waals surface area (Å²) in [5, 5.41) is 3.44. The van der Waals surface area contributed by atoms with Gasteiger partial charge in [0.2, 0.25) is 0 Å². The lowest BCUT2D eigenvalue weighted by Crippen LogP contribution is -2.26. The smallest absolute Gasteiger partial charge is 0.404 e. The molecule has 0 saturated carbocycles. The molecular formula is C17H24ClN3O4S. The van der Waals surface area contributed by atoms with Crippen molar-refractivity contribution in [2.24, 2.45) is 5.11 Å². The first-order chi connectivity index (χ1) is 12.2. The molecule has 0 fully saturated rings. The van der Waals surface area contributed by atoms with Gasteiger partial charge in [-0.25, -0.2) is 13.2 Å². The molecule has 0 spiro atoms. The van der Waals surface area contributed by atoms with Crippen molar-refractivity contribution in [1.29, 1.82) is 0 Å². The first kappa shape index (κ1) is 22.3. The average molecular weight is 402 g/mol. The number of rotatable bonds is 10. The second-order valence-corrected chi connectivity index (χ2v) is 8.57. The Hall–Kier alpha value is -1.76. The number of hydrogen-bond donors (Lipinski definition) is 0. The number of ether oxygens (including phenoxy) is 1. The van der Waals surface area contributed by atoms with Crippen molar-refractivity contribution in [3.63, 3.8) is 0 Å². The molecule has 0 bridgehead atoms. The lowest BCUT2D eigenvalue weighted by molar-refractivity contribution is 0.126. The number of hydrogen-bond acceptors (Lipinski definition) is 5. The van der Waals surface area contributed by atoms with Gasteiger partial charge in [-0.3, -0.25) is 0 Å². The molecule has 1 aromatic rings. The highest BCUT2D eigenvalue weighted by atomic mass is 35.5. The van der Waals surface area contributed by atoms with Gasteiger partial charge in [-0.05, 0) is 56.7 Å². The van der Waals surface area contributed by atoms with E-state index in [-0.39, 0.29) is 10.6 Å². The molecule has 9 heteroatoms. The third-order valence-corrected chi connectivity index (χ3v) is 6.09. The lowest BCUT2D eigenvalue weighted by Gasteiger charge is -2.18. The Morgan fingerprint density at radius 2 is 1.85 bits per heavy atom. The topological polar surface area (TPSA) is 109 Å². The molecule has 0 aromatic heterocycles. The fourth-order valence-corrected chi connectivity index (χ4v) is 5.18. The van der Waals surface area contributed by atoms with E-state index in [4.69, 9.17) is 21.9 Å². The Morgan fingerprint density at radius 1 is 1.23 bits per heavy atom. The number of halogens is 1. The molecule has 26 heavy (non-hydrogen) atoms. The zero-order chi connectivity index (χ0) is 19.7. The van der Waals surface area contributed by atoms with Crippen LogP contribution in [-0.2, 0) is 14.6 Å². The zero-order valence-corrected chi connectivity index (χ0v) is 16.8. The van der Waals surface area contributed by atoms with Crippen LogP contribution in [0.3, 0.4) is 0 Å². The molecule has 7 nitrogen and oxygen atoms in total. The molecule has 0 amide bonds. The second kappa shape index (κ2) is 10.4. The van der Waals surface area contributed by atoms with Crippen LogP contribution in [0.25, 0.3) is 10.4 Å². The van der Waals surface area contributed by atoms with Gasteiger partial charge in [0.15, 0.2) is 9.84 Å². The highest BCUT2D eigenvalue weighted by Crippen LogP contribution is 2.25. The molecule has 0 saturated heterocycles. The van der Waals surface area contributed by atoms with Gasteiger partial charge in [-0.1, -0.05) is 29.2 Å². The van der Waals surface area contributed by atoms with Crippen molar-refractivity contribution in [2.45, 2.75) is 57.5 Å². The summed E-state index contributed by atoms with van der Waals surface area (Å²) in [5.41, 5.74) is 9.55. The Bertz CT molecular complexity index is 766. The fourth-order valence-electron chi connectivity index (χ4n) is 3.07. The second-order valence-electron chi connectivity index (χ2n) is 6.29. The van der Waals surface area contributed by atoms with Gasteiger partial charge in [-0.2, -0.15) is 0 Å². The Balaban J connectivity index is 2.85. The Kier molecular flexibility index (Phi) is 8.92. The first-order valence-electron chi connectivity index (χ1n) is 8.35. The Labute approximate surface area is 159 Å². The van der Waals surface area contributed by atoms with Gasteiger partial charge in [-0.15, -0.1) is 0 Å². The number of benzene rings is 1. The predicted octanol–water partition coefficient (Wildman–Crippen LogP) is 5.00. The van der Waals surface area contributed by atoms with Gasteiger partial charge < -0.3 is 4.74 Å². The van der Waals surface area contributed by atoms with Crippen LogP contribution >= 0.6 is 11.6 Å². The average Bonchev–Trinajstić information content (AvgIpc) is 2.48. The number of aryl methyl sites for hydroxylation is 3. The van der Waals surface area contributed by atoms with Crippen molar-refractivity contribution in [3.8, 4) is 0 Å². The summed E-state index contributed by atoms with van der Waals surface area (Å²) in [6, 6.07) is 3.64. The minimum atomic E-state index is -3.64. The molecular weight excluding hydrogens is 378 g/mol. The maximum absolute atomic E-state index is 12.9. The highest BCUT2D eigenvalue weighted by molar-refractivity contribution is 7.91. The van der Waals surface area contributed by atoms with E-state index in [9.17, 15) is 13.2 Å². The molecule has 0 aliphatic rings. The van der Waals surface area contributed by atoms with E-state index in [1.807, 2.05) is 19.1 Å². The number of carbonyl (C=O) groups excluding carboxylic acids is 1. The summed E-state index contributed by atoms with van der Waals surface area (Å²) >= 11 is 5.30. The number of azide groups is 1. The largest absolute Gasteiger partial charge is 0.449 e. The summed E-state index contributed by atoms with van der Waals surface area (Å²) in [6.07, 6.45) is 1.62. The minimum Gasteiger partial charge on any atom is -0.449 e. The van der Waals surface area contributed by atoms with E-state index < -0.39 is 21.4 Å². The quantitative estimate of drug-likeness (QED) is 0.180. The molecule has 1 rings (SSSR count). The molecule has 0 radical (unpaired) electrons. The number of unbranched alkanes of at least 4 members (excludes halogenated alkanes) is 2. The van der Waals surface area contributed by atoms with Crippen LogP contribution < -0.4 is 0 Å². The van der Waals surface area contributed by atoms with E-state index in [0.717, 1.165) is 12.0 Å². The van der Waals surface area contributed by atoms with E-state index in [2.05, 4.69) is 10.0 Å². The van der Waals surface area contributed by atoms with Crippen LogP contribution in [0.5, 0.6) is 0 Å². The van der Waals surface area contributed by atoms with Gasteiger partial charge in [0.1, 0.15) is 6.10 Å². The van der Waals surface area contributed by atoms with Gasteiger partial charge >= 0.3 is 5.43 Å². The summed E-state index contributed by atoms with van der Waals surface area (Å²) in [5.74, 6) is -0.313. The molecule has 1 unspecified atom stereocenters. The molecule has 1 atom stereocenters. The molecule has 1 aromatic carbocycles. The maximum Gasteiger partial charge on any atom is 0.404 e. The van der Waals surface area contributed by atoms with Crippen LogP contribution in [0.2, 0.25) is 0 Å². The van der Waals surface area contributed by atoms with Crippen LogP contribution in [0.4, 0.5) is 4.79 Å². The predicted molar refractivity (Wildman–Crippen MR) is 101 cm³/mol. The molecule has 0 heterocycles. The highest BCUT2D eigenvalue weighted by Gasteiger charge is 2.26. The van der Waals surface area contributed by atoms with E-state index in [1.165, 1.54) is 0 Å². The summed E-state index contributed by atoms with van der Waals surface area (Å²) in [6.45, 7) is 5.80. The monoisotopic (exact) mass is 401 g/mol. The number of sulfone groups is 1. The van der Waals surface area contributed by atoms with E-state index in [1.54, 1.807) is 13.8 Å². The third-order valence-electron chi connectivity index (χ3n) is 3.93. The number of nitrogens with zero attached hydrogens (tertiary/aromatic N) is 3. The first-order valence-corrected chi connectivity index (χ1v) is 10.4. The summed E-state index contributed by atoms with van der Waals surface area (Å²) < 4.78 is 30.7.